The number of nitrogens with zero attached hydrogens (tertiary/aromatic N) is 1. The van der Waals surface area contributed by atoms with Crippen molar-refractivity contribution >= 4 is 34.9 Å². The zero-order valence-electron chi connectivity index (χ0n) is 11.8. The molecule has 2 heterocycles. The second-order valence-electron chi connectivity index (χ2n) is 6.38. The van der Waals surface area contributed by atoms with E-state index >= 15 is 0 Å². The van der Waals surface area contributed by atoms with Crippen LogP contribution in [0, 0.1) is 5.41 Å². The quantitative estimate of drug-likeness (QED) is 0.849. The highest BCUT2D eigenvalue weighted by Crippen LogP contribution is 2.48. The Morgan fingerprint density at radius 1 is 1.26 bits per heavy atom. The van der Waals surface area contributed by atoms with E-state index in [0.29, 0.717) is 15.9 Å². The molecule has 2 aliphatic rings. The number of thiazole rings is 1. The summed E-state index contributed by atoms with van der Waals surface area (Å²) in [5, 5.41) is 2.57. The summed E-state index contributed by atoms with van der Waals surface area (Å²) in [6.45, 7) is 6.96. The summed E-state index contributed by atoms with van der Waals surface area (Å²) in [6, 6.07) is 0.196. The Morgan fingerprint density at radius 3 is 2.74 bits per heavy atom. The number of nitrogens with two attached hydrogens (primary N) is 1. The summed E-state index contributed by atoms with van der Waals surface area (Å²) >= 11 is 6.04. The highest BCUT2D eigenvalue weighted by Gasteiger charge is 2.35. The molecule has 1 saturated heterocycles. The van der Waals surface area contributed by atoms with Gasteiger partial charge in [-0.3, -0.25) is 0 Å². The van der Waals surface area contributed by atoms with Gasteiger partial charge in [0.2, 0.25) is 0 Å². The van der Waals surface area contributed by atoms with E-state index in [1.807, 2.05) is 11.3 Å². The van der Waals surface area contributed by atoms with E-state index in [0.717, 1.165) is 12.8 Å². The van der Waals surface area contributed by atoms with Gasteiger partial charge in [0.1, 0.15) is 5.01 Å². The molecule has 0 saturated carbocycles. The third-order valence-corrected chi connectivity index (χ3v) is 8.49. The molecule has 1 aliphatic carbocycles. The summed E-state index contributed by atoms with van der Waals surface area (Å²) in [4.78, 5) is 6.33. The van der Waals surface area contributed by atoms with E-state index in [1.165, 1.54) is 27.1 Å². The predicted molar refractivity (Wildman–Crippen MR) is 88.3 cm³/mol. The molecule has 3 atom stereocenters. The number of hydrogen-bond acceptors (Lipinski definition) is 5. The Labute approximate surface area is 128 Å². The average molecular weight is 315 g/mol. The Morgan fingerprint density at radius 2 is 2.00 bits per heavy atom. The van der Waals surface area contributed by atoms with Crippen LogP contribution in [0.25, 0.3) is 0 Å². The lowest BCUT2D eigenvalue weighted by Crippen LogP contribution is -2.28. The fourth-order valence-electron chi connectivity index (χ4n) is 3.04. The van der Waals surface area contributed by atoms with Crippen LogP contribution in [0.1, 0.15) is 54.1 Å². The number of hydrogen-bond donors (Lipinski definition) is 1. The van der Waals surface area contributed by atoms with Crippen molar-refractivity contribution in [3.05, 3.63) is 15.6 Å². The molecule has 1 aliphatic heterocycles. The maximum Gasteiger partial charge on any atom is 0.107 e. The molecular formula is C14H22N2S3. The van der Waals surface area contributed by atoms with Crippen LogP contribution in [0.4, 0.5) is 0 Å². The lowest BCUT2D eigenvalue weighted by Gasteiger charge is -2.32. The Balaban J connectivity index is 1.90. The zero-order valence-corrected chi connectivity index (χ0v) is 14.3. The first-order valence-corrected chi connectivity index (χ1v) is 9.86. The smallest absolute Gasteiger partial charge is 0.107 e. The van der Waals surface area contributed by atoms with Crippen LogP contribution in [0.3, 0.4) is 0 Å². The van der Waals surface area contributed by atoms with Crippen LogP contribution in [0.5, 0.6) is 0 Å². The van der Waals surface area contributed by atoms with Gasteiger partial charge in [0.15, 0.2) is 0 Å². The van der Waals surface area contributed by atoms with Crippen molar-refractivity contribution in [2.75, 3.05) is 11.5 Å². The van der Waals surface area contributed by atoms with Gasteiger partial charge in [-0.1, -0.05) is 20.8 Å². The van der Waals surface area contributed by atoms with Crippen molar-refractivity contribution in [3.63, 3.8) is 0 Å². The summed E-state index contributed by atoms with van der Waals surface area (Å²) in [7, 11) is 0. The van der Waals surface area contributed by atoms with Gasteiger partial charge in [-0.25, -0.2) is 4.98 Å². The molecule has 106 valence electrons. The highest BCUT2D eigenvalue weighted by molar-refractivity contribution is 8.06. The molecule has 2 nitrogen and oxygen atoms in total. The van der Waals surface area contributed by atoms with E-state index in [1.54, 1.807) is 0 Å². The van der Waals surface area contributed by atoms with Crippen LogP contribution in [0.15, 0.2) is 0 Å². The third kappa shape index (κ3) is 2.85. The molecule has 1 fully saturated rings. The summed E-state index contributed by atoms with van der Waals surface area (Å²) < 4.78 is 0. The Hall–Kier alpha value is 0.290. The SMILES string of the molecule is CC1SCCSC1c1nc2c(s1)C(N)CC(C)(C)C2. The molecule has 0 radical (unpaired) electrons. The molecule has 5 heteroatoms. The molecular weight excluding hydrogens is 292 g/mol. The van der Waals surface area contributed by atoms with Gasteiger partial charge >= 0.3 is 0 Å². The summed E-state index contributed by atoms with van der Waals surface area (Å²) in [5.74, 6) is 2.53. The molecule has 3 rings (SSSR count). The molecule has 0 spiro atoms. The summed E-state index contributed by atoms with van der Waals surface area (Å²) in [5.41, 5.74) is 7.95. The van der Waals surface area contributed by atoms with Gasteiger partial charge in [0.05, 0.1) is 10.9 Å². The number of rotatable bonds is 1. The molecule has 1 aromatic heterocycles. The van der Waals surface area contributed by atoms with Crippen molar-refractivity contribution in [2.24, 2.45) is 11.1 Å². The van der Waals surface area contributed by atoms with Crippen molar-refractivity contribution in [1.29, 1.82) is 0 Å². The van der Waals surface area contributed by atoms with E-state index in [9.17, 15) is 0 Å². The topological polar surface area (TPSA) is 38.9 Å². The fraction of sp³-hybridized carbons (Fsp3) is 0.786. The van der Waals surface area contributed by atoms with Crippen LogP contribution < -0.4 is 5.73 Å². The molecule has 1 aromatic rings. The third-order valence-electron chi connectivity index (χ3n) is 3.93. The molecule has 19 heavy (non-hydrogen) atoms. The monoisotopic (exact) mass is 314 g/mol. The second-order valence-corrected chi connectivity index (χ2v) is 10.2. The summed E-state index contributed by atoms with van der Waals surface area (Å²) in [6.07, 6.45) is 2.18. The standard InChI is InChI=1S/C14H22N2S3/c1-8-11(18-5-4-17-8)13-16-10-7-14(2,3)6-9(15)12(10)19-13/h8-9,11H,4-7,15H2,1-3H3. The van der Waals surface area contributed by atoms with E-state index < -0.39 is 0 Å². The van der Waals surface area contributed by atoms with Crippen molar-refractivity contribution in [1.82, 2.24) is 4.98 Å². The number of aromatic nitrogens is 1. The van der Waals surface area contributed by atoms with E-state index in [4.69, 9.17) is 10.7 Å². The van der Waals surface area contributed by atoms with Gasteiger partial charge in [0.25, 0.3) is 0 Å². The molecule has 2 N–H and O–H groups in total. The first-order valence-electron chi connectivity index (χ1n) is 6.94. The minimum Gasteiger partial charge on any atom is -0.323 e. The second kappa shape index (κ2) is 5.24. The van der Waals surface area contributed by atoms with Crippen molar-refractivity contribution in [3.8, 4) is 0 Å². The predicted octanol–water partition coefficient (Wildman–Crippen LogP) is 4.02. The zero-order chi connectivity index (χ0) is 13.6. The minimum atomic E-state index is 0.196. The first kappa shape index (κ1) is 14.2. The maximum absolute atomic E-state index is 6.36. The average Bonchev–Trinajstić information content (AvgIpc) is 2.71. The van der Waals surface area contributed by atoms with Gasteiger partial charge in [0, 0.05) is 27.7 Å². The lowest BCUT2D eigenvalue weighted by atomic mass is 9.77. The minimum absolute atomic E-state index is 0.196. The highest BCUT2D eigenvalue weighted by atomic mass is 32.2. The Bertz CT molecular complexity index is 469. The van der Waals surface area contributed by atoms with Crippen LogP contribution >= 0.6 is 34.9 Å². The fourth-order valence-corrected chi connectivity index (χ4v) is 7.28. The first-order chi connectivity index (χ1) is 8.96. The van der Waals surface area contributed by atoms with Gasteiger partial charge in [-0.15, -0.1) is 23.1 Å². The van der Waals surface area contributed by atoms with Crippen molar-refractivity contribution < 1.29 is 0 Å². The molecule has 0 amide bonds. The van der Waals surface area contributed by atoms with Crippen molar-refractivity contribution in [2.45, 2.75) is 50.2 Å². The van der Waals surface area contributed by atoms with Gasteiger partial charge < -0.3 is 5.73 Å². The molecule has 0 bridgehead atoms. The van der Waals surface area contributed by atoms with E-state index in [2.05, 4.69) is 44.3 Å². The maximum atomic E-state index is 6.36. The van der Waals surface area contributed by atoms with Crippen LogP contribution in [0.2, 0.25) is 0 Å². The van der Waals surface area contributed by atoms with Crippen LogP contribution in [-0.4, -0.2) is 21.7 Å². The molecule has 0 aromatic carbocycles. The van der Waals surface area contributed by atoms with Crippen LogP contribution in [-0.2, 0) is 6.42 Å². The largest absolute Gasteiger partial charge is 0.323 e. The lowest BCUT2D eigenvalue weighted by molar-refractivity contribution is 0.282. The van der Waals surface area contributed by atoms with Gasteiger partial charge in [-0.2, -0.15) is 11.8 Å². The normalized spacial score (nSPS) is 34.0. The van der Waals surface area contributed by atoms with Gasteiger partial charge in [-0.05, 0) is 18.3 Å². The van der Waals surface area contributed by atoms with E-state index in [-0.39, 0.29) is 6.04 Å². The Kier molecular flexibility index (Phi) is 3.93. The molecule has 3 unspecified atom stereocenters. The number of fused-ring (bicyclic) bond motifs is 1. The number of thioether (sulfide) groups is 2.